The molecule has 0 saturated carbocycles. The lowest BCUT2D eigenvalue weighted by Crippen LogP contribution is -2.40. The lowest BCUT2D eigenvalue weighted by atomic mass is 10.2. The number of carbonyl (C=O) groups excluding carboxylic acids is 1. The molecule has 9 heteroatoms. The first-order valence-corrected chi connectivity index (χ1v) is 8.49. The number of carboxylic acid groups (broad SMARTS) is 1. The smallest absolute Gasteiger partial charge is 0.305 e. The molecule has 2 heterocycles. The van der Waals surface area contributed by atoms with Gasteiger partial charge in [-0.05, 0) is 25.1 Å². The predicted octanol–water partition coefficient (Wildman–Crippen LogP) is 3.21. The van der Waals surface area contributed by atoms with Gasteiger partial charge in [-0.3, -0.25) is 14.6 Å². The summed E-state index contributed by atoms with van der Waals surface area (Å²) >= 11 is 6.28. The van der Waals surface area contributed by atoms with Gasteiger partial charge in [0.25, 0.3) is 5.91 Å². The SMILES string of the molecule is C[C@@H](Oc1cc2c(cc1Cl)N(CCC(=O)O)C(=O)CO2)c1ccc(F)cn1. The molecule has 0 bridgehead atoms. The third-order valence-corrected chi connectivity index (χ3v) is 4.27. The van der Waals surface area contributed by atoms with E-state index < -0.39 is 17.9 Å². The number of fused-ring (bicyclic) bond motifs is 1. The zero-order valence-corrected chi connectivity index (χ0v) is 15.1. The second-order valence-corrected chi connectivity index (χ2v) is 6.30. The van der Waals surface area contributed by atoms with Crippen LogP contribution in [0.5, 0.6) is 11.5 Å². The highest BCUT2D eigenvalue weighted by molar-refractivity contribution is 6.32. The Labute approximate surface area is 159 Å². The summed E-state index contributed by atoms with van der Waals surface area (Å²) in [5, 5.41) is 9.08. The Balaban J connectivity index is 1.84. The minimum atomic E-state index is -1.01. The molecule has 2 aromatic rings. The Kier molecular flexibility index (Phi) is 5.46. The maximum absolute atomic E-state index is 13.0. The summed E-state index contributed by atoms with van der Waals surface area (Å²) in [6.45, 7) is 1.54. The average molecular weight is 395 g/mol. The minimum absolute atomic E-state index is 0.0109. The Morgan fingerprint density at radius 3 is 2.93 bits per heavy atom. The molecule has 0 saturated heterocycles. The Morgan fingerprint density at radius 1 is 1.48 bits per heavy atom. The number of benzene rings is 1. The highest BCUT2D eigenvalue weighted by Crippen LogP contribution is 2.41. The fourth-order valence-corrected chi connectivity index (χ4v) is 2.83. The van der Waals surface area contributed by atoms with Gasteiger partial charge in [0.1, 0.15) is 23.4 Å². The maximum Gasteiger partial charge on any atom is 0.305 e. The molecule has 0 fully saturated rings. The predicted molar refractivity (Wildman–Crippen MR) is 94.8 cm³/mol. The Hall–Kier alpha value is -2.87. The van der Waals surface area contributed by atoms with Crippen LogP contribution in [0.3, 0.4) is 0 Å². The van der Waals surface area contributed by atoms with E-state index in [1.165, 1.54) is 29.2 Å². The molecule has 3 rings (SSSR count). The number of carbonyl (C=O) groups is 2. The molecule has 0 unspecified atom stereocenters. The number of hydrogen-bond donors (Lipinski definition) is 1. The van der Waals surface area contributed by atoms with Crippen LogP contribution >= 0.6 is 11.6 Å². The molecule has 1 aromatic carbocycles. The van der Waals surface area contributed by atoms with Crippen molar-refractivity contribution in [3.05, 3.63) is 47.0 Å². The van der Waals surface area contributed by atoms with Gasteiger partial charge in [0.2, 0.25) is 0 Å². The normalized spacial score (nSPS) is 14.3. The topological polar surface area (TPSA) is 89.0 Å². The summed E-state index contributed by atoms with van der Waals surface area (Å²) in [5.74, 6) is -1.14. The van der Waals surface area contributed by atoms with E-state index in [0.717, 1.165) is 6.20 Å². The van der Waals surface area contributed by atoms with Crippen molar-refractivity contribution in [1.82, 2.24) is 4.98 Å². The van der Waals surface area contributed by atoms with E-state index in [0.29, 0.717) is 22.9 Å². The van der Waals surface area contributed by atoms with E-state index in [-0.39, 0.29) is 30.5 Å². The molecule has 1 amide bonds. The monoisotopic (exact) mass is 394 g/mol. The van der Waals surface area contributed by atoms with Gasteiger partial charge in [0.15, 0.2) is 6.61 Å². The molecular weight excluding hydrogens is 379 g/mol. The van der Waals surface area contributed by atoms with E-state index in [4.69, 9.17) is 26.2 Å². The lowest BCUT2D eigenvalue weighted by Gasteiger charge is -2.30. The second-order valence-electron chi connectivity index (χ2n) is 5.89. The first-order chi connectivity index (χ1) is 12.8. The quantitative estimate of drug-likeness (QED) is 0.809. The largest absolute Gasteiger partial charge is 0.483 e. The molecule has 0 radical (unpaired) electrons. The van der Waals surface area contributed by atoms with Crippen molar-refractivity contribution < 1.29 is 28.6 Å². The first-order valence-electron chi connectivity index (χ1n) is 8.11. The number of nitrogens with zero attached hydrogens (tertiary/aromatic N) is 2. The van der Waals surface area contributed by atoms with Crippen LogP contribution in [0, 0.1) is 5.82 Å². The van der Waals surface area contributed by atoms with Crippen molar-refractivity contribution in [2.45, 2.75) is 19.4 Å². The van der Waals surface area contributed by atoms with Crippen LogP contribution < -0.4 is 14.4 Å². The molecule has 1 aliphatic rings. The van der Waals surface area contributed by atoms with Gasteiger partial charge in [0.05, 0.1) is 29.0 Å². The molecule has 1 aromatic heterocycles. The molecule has 1 N–H and O–H groups in total. The third-order valence-electron chi connectivity index (χ3n) is 3.98. The molecule has 0 spiro atoms. The molecular formula is C18H16ClFN2O5. The number of aromatic nitrogens is 1. The van der Waals surface area contributed by atoms with Crippen molar-refractivity contribution in [2.24, 2.45) is 0 Å². The van der Waals surface area contributed by atoms with Gasteiger partial charge in [-0.25, -0.2) is 4.39 Å². The Morgan fingerprint density at radius 2 is 2.26 bits per heavy atom. The van der Waals surface area contributed by atoms with E-state index in [9.17, 15) is 14.0 Å². The zero-order chi connectivity index (χ0) is 19.6. The summed E-state index contributed by atoms with van der Waals surface area (Å²) in [6, 6.07) is 5.83. The van der Waals surface area contributed by atoms with Crippen LogP contribution in [-0.4, -0.2) is 35.1 Å². The number of ether oxygens (including phenoxy) is 2. The van der Waals surface area contributed by atoms with Crippen molar-refractivity contribution in [1.29, 1.82) is 0 Å². The van der Waals surface area contributed by atoms with Crippen LogP contribution in [-0.2, 0) is 9.59 Å². The van der Waals surface area contributed by atoms with Crippen molar-refractivity contribution in [3.8, 4) is 11.5 Å². The second kappa shape index (κ2) is 7.79. The lowest BCUT2D eigenvalue weighted by molar-refractivity contribution is -0.136. The summed E-state index contributed by atoms with van der Waals surface area (Å²) in [7, 11) is 0. The van der Waals surface area contributed by atoms with E-state index >= 15 is 0 Å². The number of anilines is 1. The third kappa shape index (κ3) is 4.28. The molecule has 142 valence electrons. The fraction of sp³-hybridized carbons (Fsp3) is 0.278. The van der Waals surface area contributed by atoms with E-state index in [2.05, 4.69) is 4.98 Å². The fourth-order valence-electron chi connectivity index (χ4n) is 2.62. The van der Waals surface area contributed by atoms with Gasteiger partial charge >= 0.3 is 5.97 Å². The van der Waals surface area contributed by atoms with Gasteiger partial charge in [-0.2, -0.15) is 0 Å². The van der Waals surface area contributed by atoms with Crippen molar-refractivity contribution in [3.63, 3.8) is 0 Å². The van der Waals surface area contributed by atoms with Crippen LogP contribution in [0.15, 0.2) is 30.5 Å². The number of amides is 1. The summed E-state index contributed by atoms with van der Waals surface area (Å²) in [5.41, 5.74) is 0.904. The number of hydrogen-bond acceptors (Lipinski definition) is 5. The van der Waals surface area contributed by atoms with Gasteiger partial charge in [-0.1, -0.05) is 11.6 Å². The van der Waals surface area contributed by atoms with E-state index in [1.807, 2.05) is 0 Å². The Bertz CT molecular complexity index is 875. The zero-order valence-electron chi connectivity index (χ0n) is 14.3. The van der Waals surface area contributed by atoms with Crippen LogP contribution in [0.25, 0.3) is 0 Å². The van der Waals surface area contributed by atoms with E-state index in [1.54, 1.807) is 6.92 Å². The molecule has 1 atom stereocenters. The van der Waals surface area contributed by atoms with Crippen LogP contribution in [0.4, 0.5) is 10.1 Å². The summed E-state index contributed by atoms with van der Waals surface area (Å²) in [6.07, 6.45) is 0.391. The van der Waals surface area contributed by atoms with Gasteiger partial charge in [-0.15, -0.1) is 0 Å². The number of rotatable bonds is 6. The van der Waals surface area contributed by atoms with Crippen LogP contribution in [0.2, 0.25) is 5.02 Å². The first kappa shape index (κ1) is 18.9. The summed E-state index contributed by atoms with van der Waals surface area (Å²) in [4.78, 5) is 28.2. The summed E-state index contributed by atoms with van der Waals surface area (Å²) < 4.78 is 24.2. The average Bonchev–Trinajstić information content (AvgIpc) is 2.62. The van der Waals surface area contributed by atoms with Crippen LogP contribution in [0.1, 0.15) is 25.1 Å². The highest BCUT2D eigenvalue weighted by Gasteiger charge is 2.28. The molecule has 7 nitrogen and oxygen atoms in total. The molecule has 1 aliphatic heterocycles. The molecule has 0 aliphatic carbocycles. The van der Waals surface area contributed by atoms with Gasteiger partial charge in [0, 0.05) is 12.6 Å². The van der Waals surface area contributed by atoms with Crippen molar-refractivity contribution in [2.75, 3.05) is 18.1 Å². The highest BCUT2D eigenvalue weighted by atomic mass is 35.5. The standard InChI is InChI=1S/C18H16ClFN2O5/c1-10(13-3-2-11(20)8-21-13)27-15-7-16-14(6-12(15)19)22(5-4-18(24)25)17(23)9-26-16/h2-3,6-8,10H,4-5,9H2,1H3,(H,24,25)/t10-/m1/s1. The number of carboxylic acids is 1. The molecule has 27 heavy (non-hydrogen) atoms. The maximum atomic E-state index is 13.0. The van der Waals surface area contributed by atoms with Gasteiger partial charge < -0.3 is 19.5 Å². The number of halogens is 2. The number of aliphatic carboxylic acids is 1. The number of pyridine rings is 1. The van der Waals surface area contributed by atoms with Crippen molar-refractivity contribution >= 4 is 29.2 Å². The minimum Gasteiger partial charge on any atom is -0.483 e.